The summed E-state index contributed by atoms with van der Waals surface area (Å²) in [5, 5.41) is 14.0. The number of hydrogen-bond acceptors (Lipinski definition) is 7. The van der Waals surface area contributed by atoms with Gasteiger partial charge in [-0.1, -0.05) is 6.07 Å². The maximum atomic E-state index is 13.1. The molecule has 0 aliphatic rings. The van der Waals surface area contributed by atoms with Crippen molar-refractivity contribution in [3.8, 4) is 17.1 Å². The first-order valence-electron chi connectivity index (χ1n) is 8.69. The minimum Gasteiger partial charge on any atom is -0.495 e. The summed E-state index contributed by atoms with van der Waals surface area (Å²) in [4.78, 5) is 11.7. The van der Waals surface area contributed by atoms with Crippen molar-refractivity contribution in [1.82, 2.24) is 25.5 Å². The number of carbonyl (C=O) groups excluding carboxylic acids is 1. The Balaban J connectivity index is 2.02. The molecule has 0 saturated heterocycles. The fraction of sp³-hybridized carbons (Fsp3) is 0.222. The van der Waals surface area contributed by atoms with Gasteiger partial charge in [-0.2, -0.15) is 0 Å². The van der Waals surface area contributed by atoms with Crippen molar-refractivity contribution in [2.75, 3.05) is 18.9 Å². The summed E-state index contributed by atoms with van der Waals surface area (Å²) in [6, 6.07) is 10.8. The van der Waals surface area contributed by atoms with Crippen LogP contribution in [0.15, 0.2) is 47.4 Å². The number of amides is 1. The number of hydrogen-bond donors (Lipinski definition) is 2. The van der Waals surface area contributed by atoms with Crippen molar-refractivity contribution in [3.05, 3.63) is 48.0 Å². The molecule has 0 atom stereocenters. The number of anilines is 1. The number of rotatable bonds is 7. The third kappa shape index (κ3) is 4.19. The molecule has 0 aliphatic heterocycles. The molecule has 0 fully saturated rings. The standard InChI is InChI=1S/C18H20N6O4S/c1-4-24-17(20-22-23-24)12-8-9-15(28-3)16(11-12)29(26,27)21-14-7-5-6-13(10-14)18(25)19-2/h5-11,21H,4H2,1-3H3,(H,19,25). The van der Waals surface area contributed by atoms with E-state index < -0.39 is 10.0 Å². The Hall–Kier alpha value is -3.47. The van der Waals surface area contributed by atoms with Crippen LogP contribution in [-0.4, -0.2) is 48.7 Å². The van der Waals surface area contributed by atoms with E-state index in [9.17, 15) is 13.2 Å². The molecule has 0 bridgehead atoms. The monoisotopic (exact) mass is 416 g/mol. The minimum absolute atomic E-state index is 0.0755. The van der Waals surface area contributed by atoms with E-state index in [1.54, 1.807) is 35.0 Å². The van der Waals surface area contributed by atoms with Crippen molar-refractivity contribution in [2.45, 2.75) is 18.4 Å². The quantitative estimate of drug-likeness (QED) is 0.598. The topological polar surface area (TPSA) is 128 Å². The molecule has 3 aromatic rings. The molecule has 1 aromatic heterocycles. The second-order valence-corrected chi connectivity index (χ2v) is 7.60. The number of nitrogens with one attached hydrogen (secondary N) is 2. The zero-order valence-corrected chi connectivity index (χ0v) is 16.9. The number of tetrazole rings is 1. The molecule has 1 heterocycles. The van der Waals surface area contributed by atoms with Gasteiger partial charge in [0, 0.05) is 30.4 Å². The van der Waals surface area contributed by atoms with Crippen molar-refractivity contribution in [1.29, 1.82) is 0 Å². The third-order valence-electron chi connectivity index (χ3n) is 4.15. The molecule has 0 saturated carbocycles. The van der Waals surface area contributed by atoms with E-state index in [1.165, 1.54) is 26.3 Å². The maximum absolute atomic E-state index is 13.1. The van der Waals surface area contributed by atoms with Crippen molar-refractivity contribution >= 4 is 21.6 Å². The summed E-state index contributed by atoms with van der Waals surface area (Å²) in [7, 11) is -1.14. The Bertz CT molecular complexity index is 1140. The molecule has 3 rings (SSSR count). The highest BCUT2D eigenvalue weighted by Crippen LogP contribution is 2.30. The zero-order valence-electron chi connectivity index (χ0n) is 16.1. The van der Waals surface area contributed by atoms with Crippen LogP contribution in [0.2, 0.25) is 0 Å². The van der Waals surface area contributed by atoms with Gasteiger partial charge in [0.1, 0.15) is 10.6 Å². The molecule has 0 radical (unpaired) electrons. The van der Waals surface area contributed by atoms with E-state index in [0.29, 0.717) is 23.5 Å². The fourth-order valence-electron chi connectivity index (χ4n) is 2.73. The minimum atomic E-state index is -4.02. The lowest BCUT2D eigenvalue weighted by atomic mass is 10.2. The maximum Gasteiger partial charge on any atom is 0.265 e. The number of carbonyl (C=O) groups is 1. The molecule has 0 aliphatic carbocycles. The van der Waals surface area contributed by atoms with Crippen LogP contribution in [0.25, 0.3) is 11.4 Å². The Kier molecular flexibility index (Phi) is 5.78. The Morgan fingerprint density at radius 2 is 2.00 bits per heavy atom. The third-order valence-corrected chi connectivity index (χ3v) is 5.55. The normalized spacial score (nSPS) is 11.1. The first-order valence-corrected chi connectivity index (χ1v) is 10.2. The van der Waals surface area contributed by atoms with Gasteiger partial charge >= 0.3 is 0 Å². The molecule has 10 nitrogen and oxygen atoms in total. The lowest BCUT2D eigenvalue weighted by molar-refractivity contribution is 0.0963. The van der Waals surface area contributed by atoms with Gasteiger partial charge in [0.15, 0.2) is 5.82 Å². The van der Waals surface area contributed by atoms with E-state index >= 15 is 0 Å². The average Bonchev–Trinajstić information content (AvgIpc) is 3.21. The zero-order chi connectivity index (χ0) is 21.0. The molecule has 11 heteroatoms. The summed E-state index contributed by atoms with van der Waals surface area (Å²) in [5.41, 5.74) is 1.10. The molecule has 0 spiro atoms. The number of benzene rings is 2. The van der Waals surface area contributed by atoms with E-state index in [4.69, 9.17) is 4.74 Å². The second kappa shape index (κ2) is 8.27. The number of methoxy groups -OCH3 is 1. The molecule has 29 heavy (non-hydrogen) atoms. The highest BCUT2D eigenvalue weighted by Gasteiger charge is 2.22. The molecule has 0 unspecified atom stereocenters. The van der Waals surface area contributed by atoms with Crippen molar-refractivity contribution in [2.24, 2.45) is 0 Å². The van der Waals surface area contributed by atoms with Gasteiger partial charge in [-0.3, -0.25) is 9.52 Å². The van der Waals surface area contributed by atoms with Gasteiger partial charge in [-0.25, -0.2) is 13.1 Å². The highest BCUT2D eigenvalue weighted by atomic mass is 32.2. The smallest absolute Gasteiger partial charge is 0.265 e. The van der Waals surface area contributed by atoms with Gasteiger partial charge in [-0.15, -0.1) is 5.10 Å². The number of aryl methyl sites for hydroxylation is 1. The van der Waals surface area contributed by atoms with Gasteiger partial charge in [-0.05, 0) is 53.7 Å². The van der Waals surface area contributed by atoms with E-state index in [2.05, 4.69) is 25.6 Å². The molecule has 2 aromatic carbocycles. The molecular formula is C18H20N6O4S. The number of ether oxygens (including phenoxy) is 1. The van der Waals surface area contributed by atoms with Crippen molar-refractivity contribution < 1.29 is 17.9 Å². The lowest BCUT2D eigenvalue weighted by Crippen LogP contribution is -2.19. The number of nitrogens with zero attached hydrogens (tertiary/aromatic N) is 4. The first kappa shape index (κ1) is 20.3. The highest BCUT2D eigenvalue weighted by molar-refractivity contribution is 7.92. The molecule has 152 valence electrons. The lowest BCUT2D eigenvalue weighted by Gasteiger charge is -2.13. The van der Waals surface area contributed by atoms with Crippen LogP contribution in [0, 0.1) is 0 Å². The van der Waals surface area contributed by atoms with E-state index in [-0.39, 0.29) is 22.2 Å². The van der Waals surface area contributed by atoms with Crippen LogP contribution in [0.5, 0.6) is 5.75 Å². The second-order valence-electron chi connectivity index (χ2n) is 5.95. The van der Waals surface area contributed by atoms with E-state index in [0.717, 1.165) is 0 Å². The van der Waals surface area contributed by atoms with Gasteiger partial charge in [0.2, 0.25) is 0 Å². The fourth-order valence-corrected chi connectivity index (χ4v) is 3.97. The van der Waals surface area contributed by atoms with Crippen LogP contribution in [0.3, 0.4) is 0 Å². The van der Waals surface area contributed by atoms with Crippen LogP contribution in [-0.2, 0) is 16.6 Å². The van der Waals surface area contributed by atoms with Crippen LogP contribution in [0.4, 0.5) is 5.69 Å². The summed E-state index contributed by atoms with van der Waals surface area (Å²) < 4.78 is 35.4. The number of sulfonamides is 1. The molecular weight excluding hydrogens is 396 g/mol. The first-order chi connectivity index (χ1) is 13.9. The largest absolute Gasteiger partial charge is 0.495 e. The summed E-state index contributed by atoms with van der Waals surface area (Å²) in [6.45, 7) is 2.41. The van der Waals surface area contributed by atoms with Crippen molar-refractivity contribution in [3.63, 3.8) is 0 Å². The summed E-state index contributed by atoms with van der Waals surface area (Å²) >= 11 is 0. The Morgan fingerprint density at radius 3 is 2.69 bits per heavy atom. The Labute approximate surface area is 167 Å². The van der Waals surface area contributed by atoms with Gasteiger partial charge in [0.05, 0.1) is 7.11 Å². The SMILES string of the molecule is CCn1nnnc1-c1ccc(OC)c(S(=O)(=O)Nc2cccc(C(=O)NC)c2)c1. The van der Waals surface area contributed by atoms with Crippen LogP contribution >= 0.6 is 0 Å². The van der Waals surface area contributed by atoms with Crippen LogP contribution in [0.1, 0.15) is 17.3 Å². The predicted octanol–water partition coefficient (Wildman–Crippen LogP) is 1.53. The van der Waals surface area contributed by atoms with E-state index in [1.807, 2.05) is 6.92 Å². The molecule has 2 N–H and O–H groups in total. The summed E-state index contributed by atoms with van der Waals surface area (Å²) in [6.07, 6.45) is 0. The predicted molar refractivity (Wildman–Crippen MR) is 106 cm³/mol. The molecule has 1 amide bonds. The van der Waals surface area contributed by atoms with Gasteiger partial charge < -0.3 is 10.1 Å². The number of aromatic nitrogens is 4. The summed E-state index contributed by atoms with van der Waals surface area (Å²) in [5.74, 6) is 0.282. The average molecular weight is 416 g/mol. The van der Waals surface area contributed by atoms with Gasteiger partial charge in [0.25, 0.3) is 15.9 Å². The Morgan fingerprint density at radius 1 is 1.21 bits per heavy atom. The van der Waals surface area contributed by atoms with Crippen LogP contribution < -0.4 is 14.8 Å².